The van der Waals surface area contributed by atoms with Gasteiger partial charge in [-0.15, -0.1) is 0 Å². The molecule has 0 unspecified atom stereocenters. The van der Waals surface area contributed by atoms with E-state index in [0.29, 0.717) is 74.8 Å². The van der Waals surface area contributed by atoms with Crippen molar-refractivity contribution in [2.24, 2.45) is 10.8 Å². The number of anilines is 2. The lowest BCUT2D eigenvalue weighted by molar-refractivity contribution is -0.145. The van der Waals surface area contributed by atoms with Crippen LogP contribution in [0.5, 0.6) is 0 Å². The average Bonchev–Trinajstić information content (AvgIpc) is 1.58. The Hall–Kier alpha value is -3.87. The molecule has 4 amide bonds. The number of amides is 4. The predicted molar refractivity (Wildman–Crippen MR) is 335 cm³/mol. The third-order valence-corrected chi connectivity index (χ3v) is 24.1. The van der Waals surface area contributed by atoms with Crippen LogP contribution in [0.3, 0.4) is 0 Å². The van der Waals surface area contributed by atoms with Crippen molar-refractivity contribution in [1.29, 1.82) is 0 Å². The number of hydrogen-bond acceptors (Lipinski definition) is 12. The van der Waals surface area contributed by atoms with Crippen LogP contribution in [0.25, 0.3) is 0 Å². The van der Waals surface area contributed by atoms with E-state index in [1.165, 1.54) is 12.8 Å². The Morgan fingerprint density at radius 2 is 0.791 bits per heavy atom. The van der Waals surface area contributed by atoms with Gasteiger partial charge >= 0.3 is 14.2 Å². The third kappa shape index (κ3) is 10.4. The molecule has 16 nitrogen and oxygen atoms in total. The molecule has 2 saturated carbocycles. The molecule has 2 aromatic rings. The highest BCUT2D eigenvalue weighted by Crippen LogP contribution is 2.54. The first-order valence-corrected chi connectivity index (χ1v) is 33.4. The van der Waals surface area contributed by atoms with Crippen LogP contribution in [-0.4, -0.2) is 181 Å². The number of ether oxygens (including phenoxy) is 2. The molecule has 10 fully saturated rings. The lowest BCUT2D eigenvalue weighted by Gasteiger charge is -2.46. The van der Waals surface area contributed by atoms with E-state index in [4.69, 9.17) is 28.1 Å². The number of carbonyl (C=O) groups is 4. The van der Waals surface area contributed by atoms with Gasteiger partial charge in [0.25, 0.3) is 11.8 Å². The van der Waals surface area contributed by atoms with Gasteiger partial charge in [0.05, 0.1) is 45.4 Å². The van der Waals surface area contributed by atoms with Crippen LogP contribution in [-0.2, 0) is 58.1 Å². The molecule has 10 heterocycles. The second kappa shape index (κ2) is 21.4. The van der Waals surface area contributed by atoms with Crippen molar-refractivity contribution in [3.05, 3.63) is 47.5 Å². The second-order valence-electron chi connectivity index (χ2n) is 32.2. The summed E-state index contributed by atoms with van der Waals surface area (Å²) in [5.74, 6) is 0.620. The second-order valence-corrected chi connectivity index (χ2v) is 32.2. The smallest absolute Gasteiger partial charge is 0.399 e. The van der Waals surface area contributed by atoms with Crippen molar-refractivity contribution in [3.8, 4) is 0 Å². The molecule has 2 spiro atoms. The van der Waals surface area contributed by atoms with Crippen LogP contribution in [0.15, 0.2) is 36.4 Å². The maximum absolute atomic E-state index is 14.6. The maximum Gasteiger partial charge on any atom is 0.494 e. The number of nitrogens with zero attached hydrogens (tertiary/aromatic N) is 6. The van der Waals surface area contributed by atoms with Gasteiger partial charge < -0.3 is 47.7 Å². The van der Waals surface area contributed by atoms with E-state index in [1.807, 2.05) is 23.6 Å². The molecule has 86 heavy (non-hydrogen) atoms. The van der Waals surface area contributed by atoms with Gasteiger partial charge in [0.2, 0.25) is 11.8 Å². The van der Waals surface area contributed by atoms with Crippen molar-refractivity contribution in [1.82, 2.24) is 19.6 Å². The van der Waals surface area contributed by atoms with Crippen molar-refractivity contribution >= 4 is 60.2 Å². The number of carbonyl (C=O) groups excluding carboxylic acids is 4. The fourth-order valence-electron chi connectivity index (χ4n) is 16.8. The van der Waals surface area contributed by atoms with E-state index in [9.17, 15) is 19.2 Å². The van der Waals surface area contributed by atoms with Crippen LogP contribution in [0, 0.1) is 10.8 Å². The molecule has 2 aliphatic carbocycles. The van der Waals surface area contributed by atoms with Crippen molar-refractivity contribution in [3.63, 3.8) is 0 Å². The minimum Gasteiger partial charge on any atom is -0.399 e. The lowest BCUT2D eigenvalue weighted by Crippen LogP contribution is -2.58. The van der Waals surface area contributed by atoms with E-state index < -0.39 is 47.5 Å². The first kappa shape index (κ1) is 61.0. The Labute approximate surface area is 514 Å². The highest BCUT2D eigenvalue weighted by atomic mass is 16.7. The van der Waals surface area contributed by atoms with E-state index in [2.05, 4.69) is 139 Å². The fraction of sp³-hybridized carbons (Fsp3) is 0.765. The van der Waals surface area contributed by atoms with Crippen LogP contribution in [0.1, 0.15) is 198 Å². The molecule has 0 bridgehead atoms. The summed E-state index contributed by atoms with van der Waals surface area (Å²) in [6, 6.07) is 14.3. The van der Waals surface area contributed by atoms with Gasteiger partial charge in [-0.3, -0.25) is 29.0 Å². The Kier molecular flexibility index (Phi) is 15.2. The number of fused-ring (bicyclic) bond motifs is 4. The molecule has 0 N–H and O–H groups in total. The summed E-state index contributed by atoms with van der Waals surface area (Å²) in [5.41, 5.74) is 4.03. The monoisotopic (exact) mass is 1180 g/mol. The lowest BCUT2D eigenvalue weighted by atomic mass is 9.71. The van der Waals surface area contributed by atoms with E-state index in [-0.39, 0.29) is 60.1 Å². The Balaban J connectivity index is 0.000000160. The standard InChI is InChI=1S/2C34H50BN3O5/c2*1-22-8-11-28(41-22)29(39)36-16-13-34(14-17-36)26-10-9-23(35-42-32(4,5)33(6,7)43-35)18-27(26)38(30(34)40)25-19-24(20-25)37-15-12-31(2,3)21-37/h2*9-10,18,22,24-25,28H,8,11-17,19-21H2,1-7H3/t2*22-,24?,25?,28-/m10/s1. The normalized spacial score (nSPS) is 34.2. The third-order valence-electron chi connectivity index (χ3n) is 24.1. The van der Waals surface area contributed by atoms with E-state index in [0.717, 1.165) is 111 Å². The number of hydrogen-bond donors (Lipinski definition) is 0. The summed E-state index contributed by atoms with van der Waals surface area (Å²) >= 11 is 0. The highest BCUT2D eigenvalue weighted by Gasteiger charge is 2.61. The molecule has 4 atom stereocenters. The van der Waals surface area contributed by atoms with Gasteiger partial charge in [-0.2, -0.15) is 0 Å². The minimum atomic E-state index is -0.592. The van der Waals surface area contributed by atoms with Crippen molar-refractivity contribution < 1.29 is 47.3 Å². The first-order valence-electron chi connectivity index (χ1n) is 33.4. The Morgan fingerprint density at radius 3 is 1.08 bits per heavy atom. The van der Waals surface area contributed by atoms with Gasteiger partial charge in [-0.1, -0.05) is 52.0 Å². The van der Waals surface area contributed by atoms with E-state index >= 15 is 0 Å². The Bertz CT molecular complexity index is 2760. The predicted octanol–water partition coefficient (Wildman–Crippen LogP) is 8.05. The largest absolute Gasteiger partial charge is 0.494 e. The van der Waals surface area contributed by atoms with Crippen molar-refractivity contribution in [2.45, 2.75) is 269 Å². The van der Waals surface area contributed by atoms with Crippen molar-refractivity contribution in [2.75, 3.05) is 62.2 Å². The fourth-order valence-corrected chi connectivity index (χ4v) is 16.8. The molecule has 2 aromatic carbocycles. The SMILES string of the molecule is C[C@@H]1CC[C@H](C(=O)N2CCC3(CC2)C(=O)N(C2CC(N4CCC(C)(C)C4)C2)c2cc(B4OC(C)(C)C(C)(C)O4)ccc23)O1.C[C@H]1CC[C@@H](C(=O)N2CCC3(CC2)C(=O)N(C2CC(N4CCC(C)(C)C4)C2)c2cc(B4OC(C)(C)C(C)(C)O4)ccc23)O1. The van der Waals surface area contributed by atoms with E-state index in [1.54, 1.807) is 0 Å². The van der Waals surface area contributed by atoms with Crippen LogP contribution < -0.4 is 20.7 Å². The maximum atomic E-state index is 14.6. The first-order chi connectivity index (χ1) is 40.4. The molecule has 18 heteroatoms. The van der Waals surface area contributed by atoms with Gasteiger partial charge in [0, 0.05) is 74.8 Å². The van der Waals surface area contributed by atoms with Gasteiger partial charge in [-0.05, 0) is 217 Å². The summed E-state index contributed by atoms with van der Waals surface area (Å²) in [6.45, 7) is 37.0. The molecular formula is C68H100B2N6O10. The average molecular weight is 1180 g/mol. The zero-order valence-corrected chi connectivity index (χ0v) is 54.6. The summed E-state index contributed by atoms with van der Waals surface area (Å²) in [4.78, 5) is 69.3. The quantitative estimate of drug-likeness (QED) is 0.236. The van der Waals surface area contributed by atoms with Crippen LogP contribution >= 0.6 is 0 Å². The summed E-state index contributed by atoms with van der Waals surface area (Å²) < 4.78 is 37.5. The molecule has 12 aliphatic rings. The van der Waals surface area contributed by atoms with Gasteiger partial charge in [-0.25, -0.2) is 0 Å². The van der Waals surface area contributed by atoms with Gasteiger partial charge in [0.1, 0.15) is 12.2 Å². The molecule has 14 rings (SSSR count). The zero-order chi connectivity index (χ0) is 61.1. The molecule has 468 valence electrons. The molecule has 10 aliphatic heterocycles. The molecule has 0 aromatic heterocycles. The topological polar surface area (TPSA) is 143 Å². The van der Waals surface area contributed by atoms with Crippen LogP contribution in [0.2, 0.25) is 0 Å². The number of piperidine rings is 2. The molecule has 0 radical (unpaired) electrons. The highest BCUT2D eigenvalue weighted by molar-refractivity contribution is 6.62. The zero-order valence-electron chi connectivity index (χ0n) is 54.6. The summed E-state index contributed by atoms with van der Waals surface area (Å²) in [7, 11) is -0.948. The Morgan fingerprint density at radius 1 is 0.453 bits per heavy atom. The van der Waals surface area contributed by atoms with Gasteiger partial charge in [0.15, 0.2) is 0 Å². The van der Waals surface area contributed by atoms with Crippen LogP contribution in [0.4, 0.5) is 11.4 Å². The minimum absolute atomic E-state index is 0.0909. The summed E-state index contributed by atoms with van der Waals surface area (Å²) in [6.07, 6.45) is 12.2. The molecule has 8 saturated heterocycles. The number of rotatable bonds is 8. The number of benzene rings is 2. The molecular weight excluding hydrogens is 1080 g/mol. The summed E-state index contributed by atoms with van der Waals surface area (Å²) in [5, 5.41) is 0. The number of likely N-dealkylation sites (tertiary alicyclic amines) is 4.